The van der Waals surface area contributed by atoms with Crippen molar-refractivity contribution in [3.63, 3.8) is 0 Å². The largest absolute Gasteiger partial charge is 0.460 e. The Morgan fingerprint density at radius 1 is 1.09 bits per heavy atom. The van der Waals surface area contributed by atoms with E-state index < -0.39 is 6.10 Å². The molecule has 118 valence electrons. The second-order valence-electron chi connectivity index (χ2n) is 5.48. The number of hydrogen-bond donors (Lipinski definition) is 0. The average Bonchev–Trinajstić information content (AvgIpc) is 2.55. The van der Waals surface area contributed by atoms with Crippen molar-refractivity contribution >= 4 is 16.7 Å². The highest BCUT2D eigenvalue weighted by molar-refractivity contribution is 5.85. The number of fused-ring (bicyclic) bond motifs is 1. The van der Waals surface area contributed by atoms with Crippen molar-refractivity contribution in [2.24, 2.45) is 0 Å². The molecule has 0 saturated heterocycles. The van der Waals surface area contributed by atoms with E-state index in [2.05, 4.69) is 6.92 Å². The van der Waals surface area contributed by atoms with E-state index in [-0.39, 0.29) is 12.1 Å². The Morgan fingerprint density at radius 2 is 1.82 bits per heavy atom. The lowest BCUT2D eigenvalue weighted by Gasteiger charge is -2.20. The molecule has 0 heterocycles. The second-order valence-corrected chi connectivity index (χ2v) is 5.48. The molecule has 2 atom stereocenters. The summed E-state index contributed by atoms with van der Waals surface area (Å²) in [5, 5.41) is 2.24. The van der Waals surface area contributed by atoms with Crippen molar-refractivity contribution in [2.75, 3.05) is 7.11 Å². The Hall–Kier alpha value is -1.87. The fraction of sp³-hybridized carbons (Fsp3) is 0.421. The molecule has 0 spiro atoms. The molecule has 0 fully saturated rings. The molecule has 0 saturated carbocycles. The molecule has 3 nitrogen and oxygen atoms in total. The molecule has 0 N–H and O–H groups in total. The molecule has 0 aliphatic rings. The van der Waals surface area contributed by atoms with Crippen LogP contribution in [0.15, 0.2) is 42.5 Å². The van der Waals surface area contributed by atoms with Gasteiger partial charge in [-0.15, -0.1) is 0 Å². The lowest BCUT2D eigenvalue weighted by molar-refractivity contribution is -0.162. The van der Waals surface area contributed by atoms with Gasteiger partial charge in [-0.1, -0.05) is 56.7 Å². The highest BCUT2D eigenvalue weighted by Gasteiger charge is 2.24. The van der Waals surface area contributed by atoms with Gasteiger partial charge in [0, 0.05) is 7.11 Å². The number of methoxy groups -OCH3 is 1. The van der Waals surface area contributed by atoms with Gasteiger partial charge < -0.3 is 9.47 Å². The van der Waals surface area contributed by atoms with Crippen LogP contribution in [0.5, 0.6) is 0 Å². The van der Waals surface area contributed by atoms with Gasteiger partial charge in [0.05, 0.1) is 0 Å². The Bertz CT molecular complexity index is 621. The van der Waals surface area contributed by atoms with Gasteiger partial charge in [0.15, 0.2) is 6.10 Å². The van der Waals surface area contributed by atoms with Crippen molar-refractivity contribution in [3.8, 4) is 0 Å². The van der Waals surface area contributed by atoms with E-state index in [9.17, 15) is 4.79 Å². The normalized spacial score (nSPS) is 13.8. The van der Waals surface area contributed by atoms with E-state index in [0.717, 1.165) is 35.6 Å². The summed E-state index contributed by atoms with van der Waals surface area (Å²) in [7, 11) is 1.54. The summed E-state index contributed by atoms with van der Waals surface area (Å²) >= 11 is 0. The predicted molar refractivity (Wildman–Crippen MR) is 88.8 cm³/mol. The summed E-state index contributed by atoms with van der Waals surface area (Å²) in [5.74, 6) is -0.307. The zero-order chi connectivity index (χ0) is 15.9. The van der Waals surface area contributed by atoms with Gasteiger partial charge in [-0.2, -0.15) is 0 Å². The maximum Gasteiger partial charge on any atom is 0.340 e. The highest BCUT2D eigenvalue weighted by Crippen LogP contribution is 2.24. The van der Waals surface area contributed by atoms with E-state index >= 15 is 0 Å². The Balaban J connectivity index is 2.19. The Morgan fingerprint density at radius 3 is 2.45 bits per heavy atom. The van der Waals surface area contributed by atoms with Gasteiger partial charge in [0.25, 0.3) is 0 Å². The maximum atomic E-state index is 12.4. The molecule has 2 aromatic carbocycles. The fourth-order valence-electron chi connectivity index (χ4n) is 2.63. The molecule has 0 amide bonds. The van der Waals surface area contributed by atoms with Crippen LogP contribution in [-0.4, -0.2) is 19.2 Å². The average molecular weight is 300 g/mol. The molecule has 0 unspecified atom stereocenters. The first-order valence-electron chi connectivity index (χ1n) is 7.91. The zero-order valence-corrected chi connectivity index (χ0v) is 13.5. The third-order valence-electron chi connectivity index (χ3n) is 3.87. The second kappa shape index (κ2) is 7.95. The molecule has 0 aliphatic heterocycles. The third-order valence-corrected chi connectivity index (χ3v) is 3.87. The molecule has 0 bridgehead atoms. The number of carbonyl (C=O) groups is 1. The van der Waals surface area contributed by atoms with Crippen LogP contribution >= 0.6 is 0 Å². The number of hydrogen-bond acceptors (Lipinski definition) is 3. The van der Waals surface area contributed by atoms with Crippen molar-refractivity contribution in [3.05, 3.63) is 48.0 Å². The van der Waals surface area contributed by atoms with Crippen molar-refractivity contribution in [2.45, 2.75) is 45.3 Å². The van der Waals surface area contributed by atoms with Crippen molar-refractivity contribution in [1.29, 1.82) is 0 Å². The molecular weight excluding hydrogens is 276 g/mol. The number of rotatable bonds is 7. The van der Waals surface area contributed by atoms with Crippen LogP contribution in [0, 0.1) is 0 Å². The summed E-state index contributed by atoms with van der Waals surface area (Å²) < 4.78 is 11.0. The minimum Gasteiger partial charge on any atom is -0.460 e. The van der Waals surface area contributed by atoms with Crippen molar-refractivity contribution < 1.29 is 14.3 Å². The molecular formula is C19H24O3. The van der Waals surface area contributed by atoms with Crippen LogP contribution in [0.2, 0.25) is 0 Å². The number of ether oxygens (including phenoxy) is 2. The number of carbonyl (C=O) groups excluding carboxylic acids is 1. The number of benzene rings is 2. The van der Waals surface area contributed by atoms with Gasteiger partial charge in [0.2, 0.25) is 0 Å². The van der Waals surface area contributed by atoms with E-state index in [4.69, 9.17) is 9.47 Å². The van der Waals surface area contributed by atoms with E-state index in [1.54, 1.807) is 7.11 Å². The van der Waals surface area contributed by atoms with Gasteiger partial charge in [-0.05, 0) is 35.2 Å². The van der Waals surface area contributed by atoms with Gasteiger partial charge in [-0.3, -0.25) is 0 Å². The first-order chi connectivity index (χ1) is 10.7. The molecule has 0 aliphatic carbocycles. The summed E-state index contributed by atoms with van der Waals surface area (Å²) in [6, 6.07) is 14.0. The Labute approximate surface area is 132 Å². The smallest absolute Gasteiger partial charge is 0.340 e. The van der Waals surface area contributed by atoms with Gasteiger partial charge >= 0.3 is 5.97 Å². The summed E-state index contributed by atoms with van der Waals surface area (Å²) in [5.41, 5.74) is 0.831. The minimum absolute atomic E-state index is 0.0318. The molecule has 2 rings (SSSR count). The van der Waals surface area contributed by atoms with Gasteiger partial charge in [-0.25, -0.2) is 4.79 Å². The topological polar surface area (TPSA) is 35.5 Å². The van der Waals surface area contributed by atoms with Crippen molar-refractivity contribution in [1.82, 2.24) is 0 Å². The van der Waals surface area contributed by atoms with Crippen LogP contribution in [0.3, 0.4) is 0 Å². The van der Waals surface area contributed by atoms with E-state index in [0.29, 0.717) is 0 Å². The fourth-order valence-corrected chi connectivity index (χ4v) is 2.63. The summed E-state index contributed by atoms with van der Waals surface area (Å²) in [6.45, 7) is 4.12. The van der Waals surface area contributed by atoms with Crippen LogP contribution in [0.1, 0.15) is 44.8 Å². The first kappa shape index (κ1) is 16.5. The van der Waals surface area contributed by atoms with Crippen LogP contribution in [-0.2, 0) is 14.3 Å². The maximum absolute atomic E-state index is 12.4. The molecule has 3 heteroatoms. The SMILES string of the molecule is CCC[C@H](CC)OC(=O)[C@H](OC)c1ccc2ccccc2c1. The summed E-state index contributed by atoms with van der Waals surface area (Å²) in [4.78, 5) is 12.4. The Kier molecular flexibility index (Phi) is 5.96. The quantitative estimate of drug-likeness (QED) is 0.698. The lowest BCUT2D eigenvalue weighted by Crippen LogP contribution is -2.24. The predicted octanol–water partition coefficient (Wildman–Crippen LogP) is 4.65. The lowest BCUT2D eigenvalue weighted by atomic mass is 10.0. The molecule has 0 aromatic heterocycles. The highest BCUT2D eigenvalue weighted by atomic mass is 16.6. The minimum atomic E-state index is -0.671. The van der Waals surface area contributed by atoms with Gasteiger partial charge in [0.1, 0.15) is 6.10 Å². The standard InChI is InChI=1S/C19H24O3/c1-4-8-17(5-2)22-19(20)18(21-3)16-12-11-14-9-6-7-10-15(14)13-16/h6-7,9-13,17-18H,4-5,8H2,1-3H3/t17-,18+/m0/s1. The monoisotopic (exact) mass is 300 g/mol. The number of esters is 1. The van der Waals surface area contributed by atoms with E-state index in [1.165, 1.54) is 0 Å². The van der Waals surface area contributed by atoms with Crippen LogP contribution in [0.25, 0.3) is 10.8 Å². The first-order valence-corrected chi connectivity index (χ1v) is 7.91. The third kappa shape index (κ3) is 3.86. The van der Waals surface area contributed by atoms with Crippen LogP contribution in [0.4, 0.5) is 0 Å². The molecule has 0 radical (unpaired) electrons. The zero-order valence-electron chi connectivity index (χ0n) is 13.5. The molecule has 22 heavy (non-hydrogen) atoms. The van der Waals surface area contributed by atoms with Crippen LogP contribution < -0.4 is 0 Å². The van der Waals surface area contributed by atoms with E-state index in [1.807, 2.05) is 49.4 Å². The summed E-state index contributed by atoms with van der Waals surface area (Å²) in [6.07, 6.45) is 2.01. The molecule has 2 aromatic rings.